The summed E-state index contributed by atoms with van der Waals surface area (Å²) in [5.74, 6) is 0. The average molecular weight is 262 g/mol. The summed E-state index contributed by atoms with van der Waals surface area (Å²) in [4.78, 5) is 0. The van der Waals surface area contributed by atoms with Gasteiger partial charge in [-0.2, -0.15) is 0 Å². The van der Waals surface area contributed by atoms with Crippen LogP contribution in [0.2, 0.25) is 5.02 Å². The molecule has 0 aliphatic heterocycles. The van der Waals surface area contributed by atoms with Gasteiger partial charge in [0.25, 0.3) is 0 Å². The number of halogens is 2. The van der Waals surface area contributed by atoms with Gasteiger partial charge in [0.05, 0.1) is 0 Å². The number of hydrogen-bond acceptors (Lipinski definition) is 0. The lowest BCUT2D eigenvalue weighted by Gasteiger charge is -2.24. The van der Waals surface area contributed by atoms with Gasteiger partial charge in [-0.1, -0.05) is 59.6 Å². The highest BCUT2D eigenvalue weighted by Gasteiger charge is 2.22. The molecule has 0 unspecified atom stereocenters. The number of alkyl halides is 1. The fraction of sp³-hybridized carbons (Fsp3) is 0.455. The van der Waals surface area contributed by atoms with Crippen LogP contribution >= 0.6 is 27.5 Å². The van der Waals surface area contributed by atoms with Crippen molar-refractivity contribution in [2.24, 2.45) is 0 Å². The Bertz CT molecular complexity index is 305. The van der Waals surface area contributed by atoms with Crippen LogP contribution in [-0.2, 0) is 5.41 Å². The van der Waals surface area contributed by atoms with Crippen molar-refractivity contribution in [3.05, 3.63) is 34.3 Å². The summed E-state index contributed by atoms with van der Waals surface area (Å²) in [6.07, 6.45) is 0. The van der Waals surface area contributed by atoms with Crippen molar-refractivity contribution in [2.45, 2.75) is 26.2 Å². The molecular weight excluding hydrogens is 247 g/mol. The second kappa shape index (κ2) is 4.02. The van der Waals surface area contributed by atoms with Crippen LogP contribution in [0, 0.1) is 6.92 Å². The van der Waals surface area contributed by atoms with Crippen molar-refractivity contribution in [1.29, 1.82) is 0 Å². The Morgan fingerprint density at radius 1 is 1.38 bits per heavy atom. The maximum Gasteiger partial charge on any atom is 0.0472 e. The first kappa shape index (κ1) is 11.1. The van der Waals surface area contributed by atoms with Gasteiger partial charge in [-0.3, -0.25) is 0 Å². The Hall–Kier alpha value is -0.0100. The quantitative estimate of drug-likeness (QED) is 0.696. The zero-order valence-electron chi connectivity index (χ0n) is 8.20. The lowest BCUT2D eigenvalue weighted by Crippen LogP contribution is -2.19. The summed E-state index contributed by atoms with van der Waals surface area (Å²) in [7, 11) is 0. The molecule has 0 nitrogen and oxygen atoms in total. The van der Waals surface area contributed by atoms with Gasteiger partial charge in [0, 0.05) is 15.8 Å². The first-order valence-electron chi connectivity index (χ1n) is 4.30. The summed E-state index contributed by atoms with van der Waals surface area (Å²) >= 11 is 9.74. The highest BCUT2D eigenvalue weighted by molar-refractivity contribution is 9.09. The van der Waals surface area contributed by atoms with E-state index in [1.54, 1.807) is 0 Å². The second-order valence-electron chi connectivity index (χ2n) is 3.95. The van der Waals surface area contributed by atoms with Crippen molar-refractivity contribution in [3.8, 4) is 0 Å². The number of hydrogen-bond donors (Lipinski definition) is 0. The van der Waals surface area contributed by atoms with Gasteiger partial charge < -0.3 is 0 Å². The van der Waals surface area contributed by atoms with E-state index >= 15 is 0 Å². The highest BCUT2D eigenvalue weighted by atomic mass is 79.9. The van der Waals surface area contributed by atoms with Gasteiger partial charge >= 0.3 is 0 Å². The maximum absolute atomic E-state index is 6.24. The van der Waals surface area contributed by atoms with E-state index < -0.39 is 0 Å². The van der Waals surface area contributed by atoms with E-state index in [1.165, 1.54) is 5.56 Å². The Balaban J connectivity index is 3.22. The van der Waals surface area contributed by atoms with Crippen LogP contribution in [0.3, 0.4) is 0 Å². The van der Waals surface area contributed by atoms with E-state index in [2.05, 4.69) is 41.9 Å². The summed E-state index contributed by atoms with van der Waals surface area (Å²) in [6, 6.07) is 6.19. The maximum atomic E-state index is 6.24. The normalized spacial score (nSPS) is 11.8. The molecule has 2 heteroatoms. The molecule has 0 radical (unpaired) electrons. The Kier molecular flexibility index (Phi) is 3.42. The van der Waals surface area contributed by atoms with Crippen LogP contribution in [0.4, 0.5) is 0 Å². The SMILES string of the molecule is Cc1cccc(C(C)(C)CBr)c1Cl. The number of benzene rings is 1. The van der Waals surface area contributed by atoms with Crippen LogP contribution < -0.4 is 0 Å². The van der Waals surface area contributed by atoms with Gasteiger partial charge in [-0.15, -0.1) is 0 Å². The molecule has 0 aliphatic rings. The molecule has 0 heterocycles. The zero-order valence-corrected chi connectivity index (χ0v) is 10.5. The molecule has 0 spiro atoms. The van der Waals surface area contributed by atoms with Crippen molar-refractivity contribution in [1.82, 2.24) is 0 Å². The molecule has 0 N–H and O–H groups in total. The topological polar surface area (TPSA) is 0 Å². The van der Waals surface area contributed by atoms with E-state index in [1.807, 2.05) is 13.0 Å². The first-order valence-corrected chi connectivity index (χ1v) is 5.80. The Morgan fingerprint density at radius 2 is 2.00 bits per heavy atom. The lowest BCUT2D eigenvalue weighted by molar-refractivity contribution is 0.606. The number of aryl methyl sites for hydroxylation is 1. The third-order valence-electron chi connectivity index (χ3n) is 2.26. The van der Waals surface area contributed by atoms with Crippen molar-refractivity contribution in [2.75, 3.05) is 5.33 Å². The van der Waals surface area contributed by atoms with Crippen molar-refractivity contribution >= 4 is 27.5 Å². The van der Waals surface area contributed by atoms with Crippen molar-refractivity contribution in [3.63, 3.8) is 0 Å². The third kappa shape index (κ3) is 2.26. The monoisotopic (exact) mass is 260 g/mol. The van der Waals surface area contributed by atoms with Gasteiger partial charge in [-0.25, -0.2) is 0 Å². The minimum absolute atomic E-state index is 0.100. The van der Waals surface area contributed by atoms with Gasteiger partial charge in [0.15, 0.2) is 0 Å². The van der Waals surface area contributed by atoms with Gasteiger partial charge in [0.2, 0.25) is 0 Å². The molecule has 1 aromatic rings. The zero-order chi connectivity index (χ0) is 10.1. The van der Waals surface area contributed by atoms with Gasteiger partial charge in [0.1, 0.15) is 0 Å². The molecule has 0 atom stereocenters. The van der Waals surface area contributed by atoms with E-state index in [0.29, 0.717) is 0 Å². The van der Waals surface area contributed by atoms with Crippen molar-refractivity contribution < 1.29 is 0 Å². The van der Waals surface area contributed by atoms with Crippen LogP contribution in [0.15, 0.2) is 18.2 Å². The molecule has 0 aliphatic carbocycles. The Labute approximate surface area is 93.4 Å². The molecule has 0 aromatic heterocycles. The molecule has 13 heavy (non-hydrogen) atoms. The largest absolute Gasteiger partial charge is 0.0919 e. The first-order chi connectivity index (χ1) is 5.99. The van der Waals surface area contributed by atoms with E-state index in [-0.39, 0.29) is 5.41 Å². The highest BCUT2D eigenvalue weighted by Crippen LogP contribution is 2.32. The minimum atomic E-state index is 0.100. The summed E-state index contributed by atoms with van der Waals surface area (Å²) < 4.78 is 0. The molecule has 0 fully saturated rings. The molecule has 0 bridgehead atoms. The van der Waals surface area contributed by atoms with E-state index in [9.17, 15) is 0 Å². The summed E-state index contributed by atoms with van der Waals surface area (Å²) in [5, 5.41) is 1.82. The van der Waals surface area contributed by atoms with Crippen LogP contribution in [0.25, 0.3) is 0 Å². The molecule has 0 saturated heterocycles. The molecular formula is C11H14BrCl. The van der Waals surface area contributed by atoms with Crippen LogP contribution in [0.1, 0.15) is 25.0 Å². The third-order valence-corrected chi connectivity index (χ3v) is 4.16. The molecule has 0 amide bonds. The predicted octanol–water partition coefficient (Wildman–Crippen LogP) is 4.32. The fourth-order valence-corrected chi connectivity index (χ4v) is 1.93. The average Bonchev–Trinajstić information content (AvgIpc) is 2.09. The predicted molar refractivity (Wildman–Crippen MR) is 63.0 cm³/mol. The molecule has 1 rings (SSSR count). The van der Waals surface area contributed by atoms with Crippen LogP contribution in [-0.4, -0.2) is 5.33 Å². The van der Waals surface area contributed by atoms with E-state index in [0.717, 1.165) is 15.9 Å². The number of rotatable bonds is 2. The standard InChI is InChI=1S/C11H14BrCl/c1-8-5-4-6-9(10(8)13)11(2,3)7-12/h4-6H,7H2,1-3H3. The fourth-order valence-electron chi connectivity index (χ4n) is 1.24. The van der Waals surface area contributed by atoms with Crippen LogP contribution in [0.5, 0.6) is 0 Å². The lowest BCUT2D eigenvalue weighted by atomic mass is 9.86. The summed E-state index contributed by atoms with van der Waals surface area (Å²) in [6.45, 7) is 6.40. The second-order valence-corrected chi connectivity index (χ2v) is 4.89. The minimum Gasteiger partial charge on any atom is -0.0919 e. The Morgan fingerprint density at radius 3 is 2.54 bits per heavy atom. The van der Waals surface area contributed by atoms with E-state index in [4.69, 9.17) is 11.6 Å². The smallest absolute Gasteiger partial charge is 0.0472 e. The van der Waals surface area contributed by atoms with Gasteiger partial charge in [-0.05, 0) is 18.1 Å². The molecule has 72 valence electrons. The molecule has 0 saturated carbocycles. The summed E-state index contributed by atoms with van der Waals surface area (Å²) in [5.41, 5.74) is 2.46. The molecule has 1 aromatic carbocycles.